The molecule has 19 heavy (non-hydrogen) atoms. The number of rotatable bonds is 4. The zero-order chi connectivity index (χ0) is 13.1. The molecule has 1 aromatic carbocycles. The van der Waals surface area contributed by atoms with Gasteiger partial charge < -0.3 is 5.32 Å². The van der Waals surface area contributed by atoms with Gasteiger partial charge in [-0.2, -0.15) is 0 Å². The van der Waals surface area contributed by atoms with Crippen LogP contribution in [-0.2, 0) is 5.75 Å². The number of hydrogen-bond acceptors (Lipinski definition) is 4. The molecule has 1 aromatic heterocycles. The predicted octanol–water partition coefficient (Wildman–Crippen LogP) is 4.62. The smallest absolute Gasteiger partial charge is 0.103 e. The molecule has 1 aliphatic heterocycles. The highest BCUT2D eigenvalue weighted by Gasteiger charge is 2.18. The molecule has 1 atom stereocenters. The summed E-state index contributed by atoms with van der Waals surface area (Å²) in [6, 6.07) is 8.82. The highest BCUT2D eigenvalue weighted by atomic mass is 79.9. The highest BCUT2D eigenvalue weighted by Crippen LogP contribution is 2.31. The van der Waals surface area contributed by atoms with Crippen molar-refractivity contribution in [2.24, 2.45) is 0 Å². The van der Waals surface area contributed by atoms with E-state index in [0.29, 0.717) is 6.04 Å². The quantitative estimate of drug-likeness (QED) is 0.810. The van der Waals surface area contributed by atoms with Gasteiger partial charge in [0.05, 0.1) is 17.5 Å². The Morgan fingerprint density at radius 2 is 2.32 bits per heavy atom. The van der Waals surface area contributed by atoms with Gasteiger partial charge in [0.25, 0.3) is 0 Å². The van der Waals surface area contributed by atoms with E-state index in [4.69, 9.17) is 4.98 Å². The van der Waals surface area contributed by atoms with Crippen LogP contribution in [-0.4, -0.2) is 11.5 Å². The van der Waals surface area contributed by atoms with Crippen molar-refractivity contribution in [1.82, 2.24) is 10.3 Å². The van der Waals surface area contributed by atoms with Gasteiger partial charge in [0.1, 0.15) is 5.01 Å². The maximum Gasteiger partial charge on any atom is 0.103 e. The first-order chi connectivity index (χ1) is 9.33. The summed E-state index contributed by atoms with van der Waals surface area (Å²) in [6.45, 7) is 1.13. The average Bonchev–Trinajstić information content (AvgIpc) is 3.09. The Kier molecular flexibility index (Phi) is 4.58. The average molecular weight is 355 g/mol. The van der Waals surface area contributed by atoms with Crippen molar-refractivity contribution in [3.8, 4) is 0 Å². The molecule has 0 aliphatic carbocycles. The number of nitrogens with zero attached hydrogens (tertiary/aromatic N) is 1. The molecule has 3 rings (SSSR count). The van der Waals surface area contributed by atoms with Gasteiger partial charge in [-0.3, -0.25) is 0 Å². The molecule has 2 heterocycles. The standard InChI is InChI=1S/C14H15BrN2S2/c15-10-4-1-2-6-13(10)18-9-14-17-12(8-19-14)11-5-3-7-16-11/h1-2,4,6,8,11,16H,3,5,7,9H2/t11-/m0/s1. The first kappa shape index (κ1) is 13.6. The van der Waals surface area contributed by atoms with E-state index < -0.39 is 0 Å². The van der Waals surface area contributed by atoms with Crippen molar-refractivity contribution in [3.05, 3.63) is 44.8 Å². The topological polar surface area (TPSA) is 24.9 Å². The number of benzene rings is 1. The van der Waals surface area contributed by atoms with Crippen LogP contribution in [0.4, 0.5) is 0 Å². The van der Waals surface area contributed by atoms with E-state index in [1.807, 2.05) is 17.8 Å². The number of thioether (sulfide) groups is 1. The van der Waals surface area contributed by atoms with Gasteiger partial charge in [-0.05, 0) is 47.4 Å². The zero-order valence-electron chi connectivity index (χ0n) is 10.4. The molecule has 0 bridgehead atoms. The molecule has 1 aliphatic rings. The van der Waals surface area contributed by atoms with Crippen LogP contribution in [0.5, 0.6) is 0 Å². The summed E-state index contributed by atoms with van der Waals surface area (Å²) in [6.07, 6.45) is 2.49. The molecule has 2 nitrogen and oxygen atoms in total. The lowest BCUT2D eigenvalue weighted by Gasteiger charge is -2.05. The van der Waals surface area contributed by atoms with E-state index in [0.717, 1.165) is 16.8 Å². The van der Waals surface area contributed by atoms with Gasteiger partial charge in [0.2, 0.25) is 0 Å². The normalized spacial score (nSPS) is 18.9. The Morgan fingerprint density at radius 1 is 1.42 bits per heavy atom. The van der Waals surface area contributed by atoms with Crippen molar-refractivity contribution in [3.63, 3.8) is 0 Å². The molecule has 0 saturated carbocycles. The van der Waals surface area contributed by atoms with Crippen LogP contribution in [0, 0.1) is 0 Å². The summed E-state index contributed by atoms with van der Waals surface area (Å²) < 4.78 is 1.16. The van der Waals surface area contributed by atoms with E-state index >= 15 is 0 Å². The third-order valence-electron chi connectivity index (χ3n) is 3.17. The van der Waals surface area contributed by atoms with Crippen molar-refractivity contribution in [1.29, 1.82) is 0 Å². The summed E-state index contributed by atoms with van der Waals surface area (Å²) in [4.78, 5) is 6.03. The van der Waals surface area contributed by atoms with Gasteiger partial charge in [0, 0.05) is 14.7 Å². The van der Waals surface area contributed by atoms with Crippen LogP contribution in [0.3, 0.4) is 0 Å². The number of hydrogen-bond donors (Lipinski definition) is 1. The number of aromatic nitrogens is 1. The maximum absolute atomic E-state index is 4.76. The summed E-state index contributed by atoms with van der Waals surface area (Å²) in [5.41, 5.74) is 1.23. The minimum atomic E-state index is 0.485. The summed E-state index contributed by atoms with van der Waals surface area (Å²) in [7, 11) is 0. The molecule has 2 aromatic rings. The molecule has 0 amide bonds. The molecule has 0 spiro atoms. The van der Waals surface area contributed by atoms with Gasteiger partial charge in [0.15, 0.2) is 0 Å². The van der Waals surface area contributed by atoms with Gasteiger partial charge in [-0.1, -0.05) is 12.1 Å². The molecule has 1 fully saturated rings. The van der Waals surface area contributed by atoms with Crippen molar-refractivity contribution < 1.29 is 0 Å². The number of nitrogens with one attached hydrogen (secondary N) is 1. The summed E-state index contributed by atoms with van der Waals surface area (Å²) in [5, 5.41) is 6.92. The van der Waals surface area contributed by atoms with Crippen LogP contribution in [0.15, 0.2) is 39.0 Å². The van der Waals surface area contributed by atoms with Crippen molar-refractivity contribution in [2.45, 2.75) is 29.5 Å². The fraction of sp³-hybridized carbons (Fsp3) is 0.357. The third kappa shape index (κ3) is 3.40. The van der Waals surface area contributed by atoms with Gasteiger partial charge in [-0.25, -0.2) is 4.98 Å². The fourth-order valence-electron chi connectivity index (χ4n) is 2.19. The monoisotopic (exact) mass is 354 g/mol. The van der Waals surface area contributed by atoms with E-state index in [9.17, 15) is 0 Å². The first-order valence-electron chi connectivity index (χ1n) is 6.38. The van der Waals surface area contributed by atoms with Crippen LogP contribution >= 0.6 is 39.0 Å². The molecule has 1 saturated heterocycles. The lowest BCUT2D eigenvalue weighted by Crippen LogP contribution is -2.13. The van der Waals surface area contributed by atoms with Crippen molar-refractivity contribution in [2.75, 3.05) is 6.54 Å². The summed E-state index contributed by atoms with van der Waals surface area (Å²) >= 11 is 7.19. The SMILES string of the molecule is Brc1ccccc1SCc1nc([C@@H]2CCCN2)cs1. The molecule has 0 radical (unpaired) electrons. The zero-order valence-corrected chi connectivity index (χ0v) is 13.7. The minimum absolute atomic E-state index is 0.485. The molecule has 5 heteroatoms. The highest BCUT2D eigenvalue weighted by molar-refractivity contribution is 9.10. The van der Waals surface area contributed by atoms with E-state index in [-0.39, 0.29) is 0 Å². The predicted molar refractivity (Wildman–Crippen MR) is 85.8 cm³/mol. The van der Waals surface area contributed by atoms with Crippen LogP contribution in [0.1, 0.15) is 29.6 Å². The molecule has 0 unspecified atom stereocenters. The minimum Gasteiger partial charge on any atom is -0.309 e. The second-order valence-corrected chi connectivity index (χ2v) is 7.35. The molecular weight excluding hydrogens is 340 g/mol. The Hall–Kier alpha value is -0.360. The fourth-order valence-corrected chi connectivity index (χ4v) is 4.62. The van der Waals surface area contributed by atoms with Gasteiger partial charge in [-0.15, -0.1) is 23.1 Å². The van der Waals surface area contributed by atoms with Gasteiger partial charge >= 0.3 is 0 Å². The van der Waals surface area contributed by atoms with E-state index in [2.05, 4.69) is 44.8 Å². The lowest BCUT2D eigenvalue weighted by molar-refractivity contribution is 0.630. The van der Waals surface area contributed by atoms with E-state index in [1.54, 1.807) is 11.3 Å². The van der Waals surface area contributed by atoms with Crippen LogP contribution < -0.4 is 5.32 Å². The Balaban J connectivity index is 1.63. The Morgan fingerprint density at radius 3 is 3.11 bits per heavy atom. The molecule has 100 valence electrons. The largest absolute Gasteiger partial charge is 0.309 e. The molecule has 1 N–H and O–H groups in total. The second-order valence-electron chi connectivity index (χ2n) is 4.53. The maximum atomic E-state index is 4.76. The Bertz CT molecular complexity index is 550. The molecular formula is C14H15BrN2S2. The van der Waals surface area contributed by atoms with E-state index in [1.165, 1.54) is 28.4 Å². The summed E-state index contributed by atoms with van der Waals surface area (Å²) in [5.74, 6) is 0.944. The van der Waals surface area contributed by atoms with Crippen molar-refractivity contribution >= 4 is 39.0 Å². The van der Waals surface area contributed by atoms with Crippen LogP contribution in [0.25, 0.3) is 0 Å². The number of halogens is 1. The van der Waals surface area contributed by atoms with Crippen LogP contribution in [0.2, 0.25) is 0 Å². The first-order valence-corrected chi connectivity index (χ1v) is 9.04. The lowest BCUT2D eigenvalue weighted by atomic mass is 10.2. The number of thiazole rings is 1. The Labute approximate surface area is 130 Å². The second kappa shape index (κ2) is 6.39. The third-order valence-corrected chi connectivity index (χ3v) is 6.26.